The van der Waals surface area contributed by atoms with E-state index < -0.39 is 0 Å². The Bertz CT molecular complexity index is 1320. The summed E-state index contributed by atoms with van der Waals surface area (Å²) in [6.07, 6.45) is 4.21. The van der Waals surface area contributed by atoms with Crippen molar-refractivity contribution in [2.75, 3.05) is 19.6 Å². The summed E-state index contributed by atoms with van der Waals surface area (Å²) in [5.74, 6) is 0.214. The predicted octanol–water partition coefficient (Wildman–Crippen LogP) is 5.15. The molecule has 0 aliphatic carbocycles. The number of rotatable bonds is 4. The lowest BCUT2D eigenvalue weighted by Crippen LogP contribution is -2.56. The van der Waals surface area contributed by atoms with Gasteiger partial charge in [0, 0.05) is 44.5 Å². The van der Waals surface area contributed by atoms with E-state index in [-0.39, 0.29) is 41.0 Å². The number of hydrogen-bond donors (Lipinski definition) is 1. The molecule has 37 heavy (non-hydrogen) atoms. The van der Waals surface area contributed by atoms with Crippen LogP contribution in [0.25, 0.3) is 11.1 Å². The van der Waals surface area contributed by atoms with Crippen molar-refractivity contribution in [1.82, 2.24) is 14.4 Å². The lowest BCUT2D eigenvalue weighted by atomic mass is 9.73. The molecule has 0 bridgehead atoms. The van der Waals surface area contributed by atoms with Gasteiger partial charge in [0.25, 0.3) is 5.56 Å². The van der Waals surface area contributed by atoms with Gasteiger partial charge in [0.15, 0.2) is 0 Å². The van der Waals surface area contributed by atoms with E-state index in [9.17, 15) is 9.59 Å². The van der Waals surface area contributed by atoms with Crippen molar-refractivity contribution < 1.29 is 6.17 Å². The van der Waals surface area contributed by atoms with E-state index in [1.165, 1.54) is 0 Å². The third kappa shape index (κ3) is 5.49. The van der Waals surface area contributed by atoms with Crippen molar-refractivity contribution in [3.8, 4) is 11.1 Å². The van der Waals surface area contributed by atoms with Gasteiger partial charge in [-0.15, -0.1) is 0 Å². The van der Waals surface area contributed by atoms with Gasteiger partial charge in [0.2, 0.25) is 0 Å². The van der Waals surface area contributed by atoms with Gasteiger partial charge in [-0.05, 0) is 53.4 Å². The van der Waals surface area contributed by atoms with Crippen molar-refractivity contribution in [2.24, 2.45) is 17.1 Å². The molecule has 3 atom stereocenters. The minimum Gasteiger partial charge on any atom is -0.328 e. The zero-order chi connectivity index (χ0) is 26.9. The Morgan fingerprint density at radius 2 is 1.70 bits per heavy atom. The van der Waals surface area contributed by atoms with Gasteiger partial charge in [-0.2, -0.15) is 0 Å². The highest BCUT2D eigenvalue weighted by Gasteiger charge is 2.41. The first-order chi connectivity index (χ1) is 18.2. The van der Waals surface area contributed by atoms with Crippen LogP contribution in [0.4, 0.5) is 4.79 Å². The van der Waals surface area contributed by atoms with E-state index in [2.05, 4.69) is 26.0 Å². The van der Waals surface area contributed by atoms with Crippen molar-refractivity contribution in [3.05, 3.63) is 94.9 Å². The number of piperidine rings is 2. The lowest BCUT2D eigenvalue weighted by molar-refractivity contribution is 0.0392. The fourth-order valence-corrected chi connectivity index (χ4v) is 5.93. The number of urea groups is 1. The van der Waals surface area contributed by atoms with Gasteiger partial charge in [-0.25, -0.2) is 4.79 Å². The third-order valence-electron chi connectivity index (χ3n) is 8.22. The Morgan fingerprint density at radius 3 is 2.41 bits per heavy atom. The molecule has 194 valence electrons. The summed E-state index contributed by atoms with van der Waals surface area (Å²) in [5.41, 5.74) is 8.53. The second kappa shape index (κ2) is 10.5. The molecule has 2 aliphatic rings. The highest BCUT2D eigenvalue weighted by atomic mass is 16.2. The molecule has 2 saturated heterocycles. The summed E-state index contributed by atoms with van der Waals surface area (Å²) >= 11 is 0. The van der Waals surface area contributed by atoms with Crippen molar-refractivity contribution >= 4 is 6.03 Å². The van der Waals surface area contributed by atoms with Crippen LogP contribution in [0.2, 0.25) is 0 Å². The van der Waals surface area contributed by atoms with Gasteiger partial charge >= 0.3 is 6.03 Å². The lowest BCUT2D eigenvalue weighted by Gasteiger charge is -2.48. The fraction of sp³-hybridized carbons (Fsp3) is 0.419. The highest BCUT2D eigenvalue weighted by Crippen LogP contribution is 2.38. The van der Waals surface area contributed by atoms with Crippen LogP contribution in [-0.4, -0.2) is 46.1 Å². The van der Waals surface area contributed by atoms with Gasteiger partial charge < -0.3 is 20.1 Å². The van der Waals surface area contributed by atoms with Crippen LogP contribution in [0.5, 0.6) is 0 Å². The molecule has 1 aromatic heterocycles. The van der Waals surface area contributed by atoms with Crippen LogP contribution in [0, 0.1) is 11.3 Å². The van der Waals surface area contributed by atoms with E-state index in [1.54, 1.807) is 4.57 Å². The molecule has 2 N–H and O–H groups in total. The van der Waals surface area contributed by atoms with Gasteiger partial charge in [-0.3, -0.25) is 4.79 Å². The zero-order valence-corrected chi connectivity index (χ0v) is 21.8. The number of benzene rings is 2. The average molecular weight is 500 g/mol. The molecule has 3 heterocycles. The first-order valence-corrected chi connectivity index (χ1v) is 13.4. The summed E-state index contributed by atoms with van der Waals surface area (Å²) < 4.78 is 10.2. The number of amides is 2. The third-order valence-corrected chi connectivity index (χ3v) is 8.22. The summed E-state index contributed by atoms with van der Waals surface area (Å²) in [6.45, 7) is 6.86. The van der Waals surface area contributed by atoms with E-state index in [1.807, 2.05) is 70.6 Å². The number of nitrogens with two attached hydrogens (primary N) is 1. The fourth-order valence-electron chi connectivity index (χ4n) is 5.93. The summed E-state index contributed by atoms with van der Waals surface area (Å²) in [4.78, 5) is 30.9. The standard InChI is InChI=1S/C31H38N4O2/c1-31(2)22-34(30(37)35-18-15-27(32)20-28(35)24-11-7-4-8-12-24)17-14-26(31)21-33-16-13-25(19-29(33)36)23-9-5-3-6-10-23/h3-13,16,19,26-28H,14-15,17-18,20-22,32H2,1-2H3/t26-,27+,28-/m0/s1/i19D. The minimum atomic E-state index is -0.268. The second-order valence-electron chi connectivity index (χ2n) is 11.3. The largest absolute Gasteiger partial charge is 0.328 e. The van der Waals surface area contributed by atoms with Crippen LogP contribution >= 0.6 is 0 Å². The van der Waals surface area contributed by atoms with E-state index in [0.29, 0.717) is 31.7 Å². The van der Waals surface area contributed by atoms with Crippen LogP contribution in [0.1, 0.15) is 46.1 Å². The number of carbonyl (C=O) groups is 1. The van der Waals surface area contributed by atoms with E-state index >= 15 is 0 Å². The zero-order valence-electron chi connectivity index (χ0n) is 22.8. The molecule has 6 nitrogen and oxygen atoms in total. The van der Waals surface area contributed by atoms with E-state index in [4.69, 9.17) is 7.10 Å². The molecule has 5 rings (SSSR count). The predicted molar refractivity (Wildman–Crippen MR) is 148 cm³/mol. The number of pyridine rings is 1. The quantitative estimate of drug-likeness (QED) is 0.540. The molecule has 3 aromatic rings. The number of hydrogen-bond acceptors (Lipinski definition) is 3. The molecular formula is C31H38N4O2. The van der Waals surface area contributed by atoms with Crippen molar-refractivity contribution in [1.29, 1.82) is 0 Å². The van der Waals surface area contributed by atoms with Crippen LogP contribution in [0.3, 0.4) is 0 Å². The molecule has 2 amide bonds. The Kier molecular flexibility index (Phi) is 6.83. The molecule has 6 heteroatoms. The first-order valence-electron chi connectivity index (χ1n) is 13.9. The second-order valence-corrected chi connectivity index (χ2v) is 11.3. The van der Waals surface area contributed by atoms with Crippen molar-refractivity contribution in [2.45, 2.75) is 51.7 Å². The van der Waals surface area contributed by atoms with Gasteiger partial charge in [-0.1, -0.05) is 74.5 Å². The smallest absolute Gasteiger partial charge is 0.320 e. The Labute approximate surface area is 221 Å². The maximum absolute atomic E-state index is 13.8. The molecular weight excluding hydrogens is 460 g/mol. The number of likely N-dealkylation sites (tertiary alicyclic amines) is 2. The van der Waals surface area contributed by atoms with Crippen LogP contribution in [0.15, 0.2) is 83.8 Å². The molecule has 0 radical (unpaired) electrons. The SMILES string of the molecule is [2H]c1c(-c2ccccc2)ccn(C[C@@H]2CCN(C(=O)N3CC[C@@H](N)C[C@H]3c3ccccc3)CC2(C)C)c1=O. The maximum Gasteiger partial charge on any atom is 0.320 e. The summed E-state index contributed by atoms with van der Waals surface area (Å²) in [7, 11) is 0. The topological polar surface area (TPSA) is 71.6 Å². The molecule has 2 aliphatic heterocycles. The Balaban J connectivity index is 1.30. The average Bonchev–Trinajstić information content (AvgIpc) is 2.92. The van der Waals surface area contributed by atoms with Gasteiger partial charge in [0.05, 0.1) is 7.41 Å². The number of nitrogens with zero attached hydrogens (tertiary/aromatic N) is 3. The normalized spacial score (nSPS) is 24.0. The number of carbonyl (C=O) groups excluding carboxylic acids is 1. The maximum atomic E-state index is 13.8. The molecule has 0 unspecified atom stereocenters. The van der Waals surface area contributed by atoms with Gasteiger partial charge in [0.1, 0.15) is 0 Å². The molecule has 0 spiro atoms. The van der Waals surface area contributed by atoms with E-state index in [0.717, 1.165) is 30.4 Å². The molecule has 2 aromatic carbocycles. The first kappa shape index (κ1) is 24.0. The van der Waals surface area contributed by atoms with Crippen LogP contribution in [-0.2, 0) is 6.54 Å². The Hall–Kier alpha value is -3.38. The minimum absolute atomic E-state index is 0.00883. The molecule has 0 saturated carbocycles. The van der Waals surface area contributed by atoms with Crippen LogP contribution < -0.4 is 11.3 Å². The highest BCUT2D eigenvalue weighted by molar-refractivity contribution is 5.75. The monoisotopic (exact) mass is 499 g/mol. The summed E-state index contributed by atoms with van der Waals surface area (Å²) in [6, 6.07) is 21.9. The van der Waals surface area contributed by atoms with Crippen molar-refractivity contribution in [3.63, 3.8) is 0 Å². The number of aromatic nitrogens is 1. The molecule has 2 fully saturated rings. The Morgan fingerprint density at radius 1 is 1.00 bits per heavy atom. The summed E-state index contributed by atoms with van der Waals surface area (Å²) in [5, 5.41) is 0.